The molecule has 0 saturated carbocycles. The number of carbonyl (C=O) groups excluding carboxylic acids is 1. The average molecular weight is 368 g/mol. The molecule has 0 aromatic heterocycles. The van der Waals surface area contributed by atoms with Crippen molar-refractivity contribution >= 4 is 6.09 Å². The fourth-order valence-corrected chi connectivity index (χ4v) is 3.59. The lowest BCUT2D eigenvalue weighted by Gasteiger charge is -2.28. The fraction of sp³-hybridized carbons (Fsp3) is 0.381. The molecule has 27 heavy (non-hydrogen) atoms. The first-order valence-electron chi connectivity index (χ1n) is 9.38. The highest BCUT2D eigenvalue weighted by Crippen LogP contribution is 2.36. The van der Waals surface area contributed by atoms with Crippen LogP contribution in [0.1, 0.15) is 30.0 Å². The van der Waals surface area contributed by atoms with Gasteiger partial charge in [-0.15, -0.1) is 0 Å². The number of hydrogen-bond acceptors (Lipinski definition) is 5. The van der Waals surface area contributed by atoms with Crippen molar-refractivity contribution < 1.29 is 19.0 Å². The Kier molecular flexibility index (Phi) is 5.44. The zero-order chi connectivity index (χ0) is 18.5. The van der Waals surface area contributed by atoms with Crippen LogP contribution in [0.4, 0.5) is 4.79 Å². The van der Waals surface area contributed by atoms with Gasteiger partial charge in [-0.05, 0) is 49.2 Å². The van der Waals surface area contributed by atoms with E-state index in [1.54, 1.807) is 0 Å². The molecule has 142 valence electrons. The standard InChI is InChI=1S/C21H24N2O4/c24-21(25-14-16-6-2-1-3-7-16)22-13-18(23-10-4-5-11-23)17-8-9-19-20(12-17)27-15-26-19/h1-3,6-9,12,18H,4-5,10-11,13-15H2,(H,22,24). The van der Waals surface area contributed by atoms with E-state index in [1.165, 1.54) is 12.8 Å². The van der Waals surface area contributed by atoms with E-state index < -0.39 is 6.09 Å². The van der Waals surface area contributed by atoms with Crippen molar-refractivity contribution in [3.63, 3.8) is 0 Å². The first-order chi connectivity index (χ1) is 13.3. The predicted molar refractivity (Wildman–Crippen MR) is 101 cm³/mol. The number of nitrogens with zero attached hydrogens (tertiary/aromatic N) is 1. The van der Waals surface area contributed by atoms with Gasteiger partial charge in [0.1, 0.15) is 6.61 Å². The van der Waals surface area contributed by atoms with E-state index in [4.69, 9.17) is 14.2 Å². The van der Waals surface area contributed by atoms with Gasteiger partial charge in [-0.3, -0.25) is 4.90 Å². The number of likely N-dealkylation sites (tertiary alicyclic amines) is 1. The highest BCUT2D eigenvalue weighted by molar-refractivity contribution is 5.67. The molecule has 1 saturated heterocycles. The second-order valence-corrected chi connectivity index (χ2v) is 6.81. The van der Waals surface area contributed by atoms with Crippen LogP contribution in [0.2, 0.25) is 0 Å². The predicted octanol–water partition coefficient (Wildman–Crippen LogP) is 3.48. The molecule has 0 spiro atoms. The van der Waals surface area contributed by atoms with Gasteiger partial charge in [0.15, 0.2) is 11.5 Å². The minimum Gasteiger partial charge on any atom is -0.454 e. The lowest BCUT2D eigenvalue weighted by Crippen LogP contribution is -2.37. The van der Waals surface area contributed by atoms with Crippen LogP contribution < -0.4 is 14.8 Å². The Morgan fingerprint density at radius 2 is 1.85 bits per heavy atom. The van der Waals surface area contributed by atoms with Crippen molar-refractivity contribution in [2.75, 3.05) is 26.4 Å². The summed E-state index contributed by atoms with van der Waals surface area (Å²) in [7, 11) is 0. The molecule has 0 bridgehead atoms. The summed E-state index contributed by atoms with van der Waals surface area (Å²) >= 11 is 0. The highest BCUT2D eigenvalue weighted by Gasteiger charge is 2.26. The molecule has 2 aromatic rings. The third-order valence-electron chi connectivity index (χ3n) is 5.02. The van der Waals surface area contributed by atoms with E-state index >= 15 is 0 Å². The lowest BCUT2D eigenvalue weighted by atomic mass is 10.0. The van der Waals surface area contributed by atoms with Crippen molar-refractivity contribution in [1.29, 1.82) is 0 Å². The van der Waals surface area contributed by atoms with Crippen LogP contribution in [0, 0.1) is 0 Å². The molecule has 2 aliphatic rings. The second kappa shape index (κ2) is 8.31. The summed E-state index contributed by atoms with van der Waals surface area (Å²) in [5, 5.41) is 2.92. The number of rotatable bonds is 6. The molecular weight excluding hydrogens is 344 g/mol. The summed E-state index contributed by atoms with van der Waals surface area (Å²) < 4.78 is 16.3. The Bertz CT molecular complexity index is 775. The van der Waals surface area contributed by atoms with Crippen LogP contribution in [0.5, 0.6) is 11.5 Å². The Balaban J connectivity index is 1.38. The Hall–Kier alpha value is -2.73. The summed E-state index contributed by atoms with van der Waals surface area (Å²) in [6.07, 6.45) is 1.96. The minimum absolute atomic E-state index is 0.0891. The molecule has 2 heterocycles. The van der Waals surface area contributed by atoms with Gasteiger partial charge in [-0.25, -0.2) is 4.79 Å². The van der Waals surface area contributed by atoms with E-state index in [0.29, 0.717) is 6.54 Å². The lowest BCUT2D eigenvalue weighted by molar-refractivity contribution is 0.134. The van der Waals surface area contributed by atoms with Crippen LogP contribution in [0.25, 0.3) is 0 Å². The fourth-order valence-electron chi connectivity index (χ4n) is 3.59. The maximum atomic E-state index is 12.2. The van der Waals surface area contributed by atoms with Crippen molar-refractivity contribution in [3.8, 4) is 11.5 Å². The summed E-state index contributed by atoms with van der Waals surface area (Å²) in [6.45, 7) is 3.08. The molecule has 6 nitrogen and oxygen atoms in total. The number of ether oxygens (including phenoxy) is 3. The van der Waals surface area contributed by atoms with E-state index in [1.807, 2.05) is 48.5 Å². The van der Waals surface area contributed by atoms with Gasteiger partial charge < -0.3 is 19.5 Å². The van der Waals surface area contributed by atoms with E-state index in [2.05, 4.69) is 10.2 Å². The van der Waals surface area contributed by atoms with Crippen LogP contribution >= 0.6 is 0 Å². The van der Waals surface area contributed by atoms with Gasteiger partial charge in [0.05, 0.1) is 6.04 Å². The Morgan fingerprint density at radius 3 is 2.67 bits per heavy atom. The van der Waals surface area contributed by atoms with Crippen molar-refractivity contribution in [3.05, 3.63) is 59.7 Å². The molecular formula is C21H24N2O4. The van der Waals surface area contributed by atoms with E-state index in [9.17, 15) is 4.79 Å². The first-order valence-corrected chi connectivity index (χ1v) is 9.38. The summed E-state index contributed by atoms with van der Waals surface area (Å²) in [4.78, 5) is 14.6. The number of hydrogen-bond donors (Lipinski definition) is 1. The molecule has 0 radical (unpaired) electrons. The van der Waals surface area contributed by atoms with Crippen LogP contribution in [-0.2, 0) is 11.3 Å². The summed E-state index contributed by atoms with van der Waals surface area (Å²) in [5.41, 5.74) is 2.09. The molecule has 4 rings (SSSR count). The van der Waals surface area contributed by atoms with Crippen LogP contribution in [0.15, 0.2) is 48.5 Å². The van der Waals surface area contributed by atoms with E-state index in [0.717, 1.165) is 35.7 Å². The monoisotopic (exact) mass is 368 g/mol. The molecule has 6 heteroatoms. The quantitative estimate of drug-likeness (QED) is 0.846. The van der Waals surface area contributed by atoms with Crippen molar-refractivity contribution in [2.45, 2.75) is 25.5 Å². The molecule has 1 N–H and O–H groups in total. The molecule has 1 atom stereocenters. The molecule has 0 aliphatic carbocycles. The Morgan fingerprint density at radius 1 is 1.07 bits per heavy atom. The largest absolute Gasteiger partial charge is 0.454 e. The third-order valence-corrected chi connectivity index (χ3v) is 5.02. The molecule has 2 aliphatic heterocycles. The van der Waals surface area contributed by atoms with Gasteiger partial charge in [-0.1, -0.05) is 36.4 Å². The van der Waals surface area contributed by atoms with Crippen molar-refractivity contribution in [1.82, 2.24) is 10.2 Å². The zero-order valence-corrected chi connectivity index (χ0v) is 15.2. The van der Waals surface area contributed by atoms with Gasteiger partial charge in [-0.2, -0.15) is 0 Å². The van der Waals surface area contributed by atoms with Crippen molar-refractivity contribution in [2.24, 2.45) is 0 Å². The average Bonchev–Trinajstić information content (AvgIpc) is 3.39. The smallest absolute Gasteiger partial charge is 0.407 e. The Labute approximate surface area is 159 Å². The maximum Gasteiger partial charge on any atom is 0.407 e. The second-order valence-electron chi connectivity index (χ2n) is 6.81. The zero-order valence-electron chi connectivity index (χ0n) is 15.2. The van der Waals surface area contributed by atoms with E-state index in [-0.39, 0.29) is 19.4 Å². The van der Waals surface area contributed by atoms with Gasteiger partial charge >= 0.3 is 6.09 Å². The van der Waals surface area contributed by atoms with Crippen LogP contribution in [-0.4, -0.2) is 37.4 Å². The molecule has 2 aromatic carbocycles. The molecule has 1 amide bonds. The summed E-state index contributed by atoms with van der Waals surface area (Å²) in [5.74, 6) is 1.54. The topological polar surface area (TPSA) is 60.0 Å². The first kappa shape index (κ1) is 17.7. The molecule has 1 unspecified atom stereocenters. The number of benzene rings is 2. The normalized spacial score (nSPS) is 16.9. The number of carbonyl (C=O) groups is 1. The molecule has 1 fully saturated rings. The van der Waals surface area contributed by atoms with Gasteiger partial charge in [0.2, 0.25) is 6.79 Å². The van der Waals surface area contributed by atoms with Gasteiger partial charge in [0, 0.05) is 6.54 Å². The number of fused-ring (bicyclic) bond motifs is 1. The SMILES string of the molecule is O=C(NCC(c1ccc2c(c1)OCO2)N1CCCC1)OCc1ccccc1. The van der Waals surface area contributed by atoms with Crippen LogP contribution in [0.3, 0.4) is 0 Å². The number of nitrogens with one attached hydrogen (secondary N) is 1. The minimum atomic E-state index is -0.399. The summed E-state index contributed by atoms with van der Waals surface area (Å²) in [6, 6.07) is 15.8. The van der Waals surface area contributed by atoms with Gasteiger partial charge in [0.25, 0.3) is 0 Å². The third kappa shape index (κ3) is 4.34. The number of alkyl carbamates (subject to hydrolysis) is 1. The maximum absolute atomic E-state index is 12.2. The number of amides is 1. The highest BCUT2D eigenvalue weighted by atomic mass is 16.7.